The fourth-order valence-electron chi connectivity index (χ4n) is 1.90. The van der Waals surface area contributed by atoms with Gasteiger partial charge in [-0.25, -0.2) is 0 Å². The van der Waals surface area contributed by atoms with Crippen molar-refractivity contribution in [2.24, 2.45) is 0 Å². The molecule has 0 amide bonds. The Hall–Kier alpha value is -1.10. The molecule has 1 aromatic carbocycles. The van der Waals surface area contributed by atoms with E-state index in [9.17, 15) is 0 Å². The van der Waals surface area contributed by atoms with Crippen LogP contribution in [-0.2, 0) is 6.54 Å². The smallest absolute Gasteiger partial charge is 0.0737 e. The highest BCUT2D eigenvalue weighted by atomic mass is 79.9. The molecule has 0 radical (unpaired) electrons. The van der Waals surface area contributed by atoms with E-state index < -0.39 is 0 Å². The van der Waals surface area contributed by atoms with Crippen LogP contribution in [0.3, 0.4) is 0 Å². The van der Waals surface area contributed by atoms with Crippen molar-refractivity contribution in [3.8, 4) is 0 Å². The van der Waals surface area contributed by atoms with Crippen molar-refractivity contribution in [1.29, 1.82) is 0 Å². The highest BCUT2D eigenvalue weighted by Gasteiger charge is 2.04. The maximum Gasteiger partial charge on any atom is 0.0737 e. The molecule has 96 valence electrons. The number of anilines is 1. The summed E-state index contributed by atoms with van der Waals surface area (Å²) in [7, 11) is 0. The number of hydrogen-bond donors (Lipinski definition) is 1. The van der Waals surface area contributed by atoms with Gasteiger partial charge in [-0.3, -0.25) is 4.98 Å². The minimum absolute atomic E-state index is 0.707. The van der Waals surface area contributed by atoms with Crippen LogP contribution in [0.25, 0.3) is 10.9 Å². The van der Waals surface area contributed by atoms with Crippen molar-refractivity contribution in [1.82, 2.24) is 4.98 Å². The van der Waals surface area contributed by atoms with E-state index in [1.807, 2.05) is 24.3 Å². The predicted molar refractivity (Wildman–Crippen MR) is 86.1 cm³/mol. The third-order valence-electron chi connectivity index (χ3n) is 2.84. The summed E-state index contributed by atoms with van der Waals surface area (Å²) >= 11 is 11.3. The number of rotatable bonds is 3. The van der Waals surface area contributed by atoms with E-state index in [2.05, 4.69) is 37.7 Å². The van der Waals surface area contributed by atoms with Gasteiger partial charge in [-0.2, -0.15) is 0 Å². The number of aromatic nitrogens is 1. The van der Waals surface area contributed by atoms with Crippen LogP contribution in [0.1, 0.15) is 4.88 Å². The molecular formula is C14H10BrClN2S. The Morgan fingerprint density at radius 3 is 2.95 bits per heavy atom. The van der Waals surface area contributed by atoms with Gasteiger partial charge in [0.25, 0.3) is 0 Å². The Kier molecular flexibility index (Phi) is 3.73. The SMILES string of the molecule is Clc1ccc2c(NCc3sccc3Br)ccnc2c1. The van der Waals surface area contributed by atoms with Crippen LogP contribution >= 0.6 is 38.9 Å². The standard InChI is InChI=1S/C14H10BrClN2S/c15-11-4-6-19-14(11)8-18-12-3-5-17-13-7-9(16)1-2-10(12)13/h1-7H,8H2,(H,17,18). The van der Waals surface area contributed by atoms with Gasteiger partial charge in [0.05, 0.1) is 12.1 Å². The van der Waals surface area contributed by atoms with Gasteiger partial charge >= 0.3 is 0 Å². The summed E-state index contributed by atoms with van der Waals surface area (Å²) in [5.41, 5.74) is 1.98. The molecule has 0 unspecified atom stereocenters. The lowest BCUT2D eigenvalue weighted by Crippen LogP contribution is -1.99. The molecule has 2 nitrogen and oxygen atoms in total. The summed E-state index contributed by atoms with van der Waals surface area (Å²) < 4.78 is 1.14. The lowest BCUT2D eigenvalue weighted by molar-refractivity contribution is 1.18. The van der Waals surface area contributed by atoms with Gasteiger partial charge in [0, 0.05) is 31.6 Å². The quantitative estimate of drug-likeness (QED) is 0.689. The van der Waals surface area contributed by atoms with Crippen molar-refractivity contribution in [3.63, 3.8) is 0 Å². The second-order valence-electron chi connectivity index (χ2n) is 4.07. The second kappa shape index (κ2) is 5.49. The van der Waals surface area contributed by atoms with Crippen LogP contribution in [0.2, 0.25) is 5.02 Å². The average Bonchev–Trinajstić information content (AvgIpc) is 2.81. The number of benzene rings is 1. The van der Waals surface area contributed by atoms with Crippen LogP contribution in [-0.4, -0.2) is 4.98 Å². The van der Waals surface area contributed by atoms with E-state index in [4.69, 9.17) is 11.6 Å². The van der Waals surface area contributed by atoms with Gasteiger partial charge in [-0.15, -0.1) is 11.3 Å². The van der Waals surface area contributed by atoms with E-state index in [0.717, 1.165) is 27.6 Å². The molecule has 0 bridgehead atoms. The maximum absolute atomic E-state index is 5.99. The zero-order valence-corrected chi connectivity index (χ0v) is 13.0. The molecule has 0 atom stereocenters. The van der Waals surface area contributed by atoms with Crippen LogP contribution < -0.4 is 5.32 Å². The van der Waals surface area contributed by atoms with E-state index in [0.29, 0.717) is 5.02 Å². The first kappa shape index (κ1) is 12.9. The maximum atomic E-state index is 5.99. The fourth-order valence-corrected chi connectivity index (χ4v) is 3.50. The van der Waals surface area contributed by atoms with Crippen molar-refractivity contribution >= 4 is 55.5 Å². The largest absolute Gasteiger partial charge is 0.380 e. The molecule has 0 saturated heterocycles. The van der Waals surface area contributed by atoms with Gasteiger partial charge in [0.15, 0.2) is 0 Å². The molecule has 0 saturated carbocycles. The Labute approximate surface area is 128 Å². The normalized spacial score (nSPS) is 10.8. The zero-order valence-electron chi connectivity index (χ0n) is 9.86. The summed E-state index contributed by atoms with van der Waals surface area (Å²) in [6, 6.07) is 9.81. The van der Waals surface area contributed by atoms with E-state index >= 15 is 0 Å². The molecule has 2 heterocycles. The number of nitrogens with zero attached hydrogens (tertiary/aromatic N) is 1. The summed E-state index contributed by atoms with van der Waals surface area (Å²) in [6.45, 7) is 0.792. The molecule has 1 N–H and O–H groups in total. The van der Waals surface area contributed by atoms with E-state index in [1.165, 1.54) is 4.88 Å². The van der Waals surface area contributed by atoms with E-state index in [-0.39, 0.29) is 0 Å². The molecule has 3 rings (SSSR count). The first-order valence-electron chi connectivity index (χ1n) is 5.74. The molecular weight excluding hydrogens is 344 g/mol. The van der Waals surface area contributed by atoms with Crippen molar-refractivity contribution in [2.75, 3.05) is 5.32 Å². The molecule has 5 heteroatoms. The number of nitrogens with one attached hydrogen (secondary N) is 1. The molecule has 0 aliphatic rings. The fraction of sp³-hybridized carbons (Fsp3) is 0.0714. The van der Waals surface area contributed by atoms with Crippen LogP contribution in [0, 0.1) is 0 Å². The second-order valence-corrected chi connectivity index (χ2v) is 6.36. The van der Waals surface area contributed by atoms with Crippen molar-refractivity contribution < 1.29 is 0 Å². The van der Waals surface area contributed by atoms with Crippen molar-refractivity contribution in [3.05, 3.63) is 56.3 Å². The number of halogens is 2. The highest BCUT2D eigenvalue weighted by molar-refractivity contribution is 9.10. The van der Waals surface area contributed by atoms with Gasteiger partial charge < -0.3 is 5.32 Å². The lowest BCUT2D eigenvalue weighted by atomic mass is 10.2. The third-order valence-corrected chi connectivity index (χ3v) is 5.00. The Bertz CT molecular complexity index is 726. The zero-order chi connectivity index (χ0) is 13.2. The topological polar surface area (TPSA) is 24.9 Å². The van der Waals surface area contributed by atoms with Gasteiger partial charge in [0.2, 0.25) is 0 Å². The number of fused-ring (bicyclic) bond motifs is 1. The summed E-state index contributed by atoms with van der Waals surface area (Å²) in [5.74, 6) is 0. The molecule has 3 aromatic rings. The Morgan fingerprint density at radius 2 is 2.16 bits per heavy atom. The predicted octanol–water partition coefficient (Wildman–Crippen LogP) is 5.32. The monoisotopic (exact) mass is 352 g/mol. The third kappa shape index (κ3) is 2.76. The average molecular weight is 354 g/mol. The molecule has 0 aliphatic heterocycles. The summed E-state index contributed by atoms with van der Waals surface area (Å²) in [6.07, 6.45) is 1.80. The molecule has 19 heavy (non-hydrogen) atoms. The van der Waals surface area contributed by atoms with Crippen LogP contribution in [0.4, 0.5) is 5.69 Å². The lowest BCUT2D eigenvalue weighted by Gasteiger charge is -2.09. The molecule has 0 fully saturated rings. The number of thiophene rings is 1. The van der Waals surface area contributed by atoms with Crippen LogP contribution in [0.15, 0.2) is 46.4 Å². The van der Waals surface area contributed by atoms with E-state index in [1.54, 1.807) is 17.5 Å². The summed E-state index contributed by atoms with van der Waals surface area (Å²) in [5, 5.41) is 7.31. The number of hydrogen-bond acceptors (Lipinski definition) is 3. The number of pyridine rings is 1. The minimum atomic E-state index is 0.707. The van der Waals surface area contributed by atoms with Gasteiger partial charge in [0.1, 0.15) is 0 Å². The first-order valence-corrected chi connectivity index (χ1v) is 7.79. The van der Waals surface area contributed by atoms with Crippen molar-refractivity contribution in [2.45, 2.75) is 6.54 Å². The first-order chi connectivity index (χ1) is 9.24. The minimum Gasteiger partial charge on any atom is -0.380 e. The molecule has 0 aliphatic carbocycles. The highest BCUT2D eigenvalue weighted by Crippen LogP contribution is 2.27. The van der Waals surface area contributed by atoms with Crippen LogP contribution in [0.5, 0.6) is 0 Å². The summed E-state index contributed by atoms with van der Waals surface area (Å²) in [4.78, 5) is 5.61. The molecule has 0 spiro atoms. The Morgan fingerprint density at radius 1 is 1.26 bits per heavy atom. The Balaban J connectivity index is 1.91. The van der Waals surface area contributed by atoms with Gasteiger partial charge in [-0.1, -0.05) is 11.6 Å². The van der Waals surface area contributed by atoms with Gasteiger partial charge in [-0.05, 0) is 51.6 Å². The molecule has 2 aromatic heterocycles.